The molecule has 4 rings (SSSR count). The Kier molecular flexibility index (Phi) is 4.03. The SMILES string of the molecule is Cc1nc(Nc2ccc(Cl)cc2)c2cnn(-c3ccc(Cl)cc3)c2n1. The van der Waals surface area contributed by atoms with Crippen LogP contribution in [0.4, 0.5) is 11.5 Å². The first-order valence-corrected chi connectivity index (χ1v) is 8.37. The summed E-state index contributed by atoms with van der Waals surface area (Å²) in [6, 6.07) is 14.9. The van der Waals surface area contributed by atoms with Gasteiger partial charge >= 0.3 is 0 Å². The highest BCUT2D eigenvalue weighted by Gasteiger charge is 2.13. The molecule has 0 amide bonds. The molecule has 1 N–H and O–H groups in total. The number of anilines is 2. The lowest BCUT2D eigenvalue weighted by Gasteiger charge is -2.08. The minimum absolute atomic E-state index is 0.652. The van der Waals surface area contributed by atoms with Crippen LogP contribution in [0.15, 0.2) is 54.7 Å². The van der Waals surface area contributed by atoms with Crippen molar-refractivity contribution in [1.82, 2.24) is 19.7 Å². The maximum absolute atomic E-state index is 5.97. The van der Waals surface area contributed by atoms with Crippen LogP contribution in [0.2, 0.25) is 10.0 Å². The van der Waals surface area contributed by atoms with Crippen LogP contribution in [0.25, 0.3) is 16.7 Å². The second-order valence-corrected chi connectivity index (χ2v) is 6.39. The topological polar surface area (TPSA) is 55.6 Å². The molecule has 7 heteroatoms. The fourth-order valence-corrected chi connectivity index (χ4v) is 2.81. The number of fused-ring (bicyclic) bond motifs is 1. The van der Waals surface area contributed by atoms with Gasteiger partial charge in [0.2, 0.25) is 0 Å². The molecule has 0 aliphatic carbocycles. The highest BCUT2D eigenvalue weighted by molar-refractivity contribution is 6.30. The number of hydrogen-bond donors (Lipinski definition) is 1. The van der Waals surface area contributed by atoms with Gasteiger partial charge in [-0.25, -0.2) is 14.6 Å². The van der Waals surface area contributed by atoms with Crippen LogP contribution in [0.5, 0.6) is 0 Å². The second kappa shape index (κ2) is 6.35. The van der Waals surface area contributed by atoms with Crippen molar-refractivity contribution in [2.45, 2.75) is 6.92 Å². The summed E-state index contributed by atoms with van der Waals surface area (Å²) in [5, 5.41) is 9.96. The lowest BCUT2D eigenvalue weighted by Crippen LogP contribution is -2.02. The summed E-state index contributed by atoms with van der Waals surface area (Å²) < 4.78 is 1.77. The number of benzene rings is 2. The Bertz CT molecular complexity index is 1040. The molecule has 2 heterocycles. The summed E-state index contributed by atoms with van der Waals surface area (Å²) >= 11 is 11.9. The van der Waals surface area contributed by atoms with Crippen LogP contribution in [0, 0.1) is 6.92 Å². The quantitative estimate of drug-likeness (QED) is 0.540. The van der Waals surface area contributed by atoms with E-state index in [0.29, 0.717) is 21.7 Å². The monoisotopic (exact) mass is 369 g/mol. The van der Waals surface area contributed by atoms with Crippen LogP contribution in [-0.4, -0.2) is 19.7 Å². The zero-order valence-corrected chi connectivity index (χ0v) is 14.8. The molecule has 0 spiro atoms. The van der Waals surface area contributed by atoms with Gasteiger partial charge in [0.1, 0.15) is 11.6 Å². The molecular formula is C18H13Cl2N5. The van der Waals surface area contributed by atoms with Gasteiger partial charge in [0.15, 0.2) is 5.65 Å². The summed E-state index contributed by atoms with van der Waals surface area (Å²) in [5.74, 6) is 1.35. The third-order valence-electron chi connectivity index (χ3n) is 3.72. The van der Waals surface area contributed by atoms with Crippen molar-refractivity contribution < 1.29 is 0 Å². The van der Waals surface area contributed by atoms with Crippen LogP contribution in [-0.2, 0) is 0 Å². The Morgan fingerprint density at radius 1 is 0.880 bits per heavy atom. The average Bonchev–Trinajstić information content (AvgIpc) is 3.01. The molecule has 0 saturated carbocycles. The number of halogens is 2. The van der Waals surface area contributed by atoms with E-state index in [-0.39, 0.29) is 0 Å². The van der Waals surface area contributed by atoms with E-state index in [2.05, 4.69) is 20.4 Å². The normalized spacial score (nSPS) is 11.0. The molecule has 0 fully saturated rings. The molecule has 0 radical (unpaired) electrons. The van der Waals surface area contributed by atoms with Crippen molar-refractivity contribution in [2.75, 3.05) is 5.32 Å². The molecule has 0 atom stereocenters. The van der Waals surface area contributed by atoms with Gasteiger partial charge in [-0.15, -0.1) is 0 Å². The Morgan fingerprint density at radius 2 is 1.52 bits per heavy atom. The van der Waals surface area contributed by atoms with E-state index >= 15 is 0 Å². The molecule has 2 aromatic heterocycles. The predicted octanol–water partition coefficient (Wildman–Crippen LogP) is 5.17. The number of nitrogens with zero attached hydrogens (tertiary/aromatic N) is 4. The predicted molar refractivity (Wildman–Crippen MR) is 101 cm³/mol. The largest absolute Gasteiger partial charge is 0.340 e. The van der Waals surface area contributed by atoms with Crippen molar-refractivity contribution in [1.29, 1.82) is 0 Å². The van der Waals surface area contributed by atoms with Crippen LogP contribution < -0.4 is 5.32 Å². The molecule has 0 aliphatic heterocycles. The van der Waals surface area contributed by atoms with Crippen molar-refractivity contribution in [3.8, 4) is 5.69 Å². The number of hydrogen-bond acceptors (Lipinski definition) is 4. The van der Waals surface area contributed by atoms with E-state index < -0.39 is 0 Å². The first-order valence-electron chi connectivity index (χ1n) is 7.61. The number of rotatable bonds is 3. The van der Waals surface area contributed by atoms with Crippen molar-refractivity contribution in [3.63, 3.8) is 0 Å². The van der Waals surface area contributed by atoms with Crippen LogP contribution in [0.3, 0.4) is 0 Å². The lowest BCUT2D eigenvalue weighted by molar-refractivity contribution is 0.890. The standard InChI is InChI=1S/C18H13Cl2N5/c1-11-22-17(24-14-6-2-12(19)3-7-14)16-10-21-25(18(16)23-11)15-8-4-13(20)5-9-15/h2-10H,1H3,(H,22,23,24). The highest BCUT2D eigenvalue weighted by atomic mass is 35.5. The van der Waals surface area contributed by atoms with Gasteiger partial charge in [-0.1, -0.05) is 23.2 Å². The van der Waals surface area contributed by atoms with E-state index in [0.717, 1.165) is 22.4 Å². The van der Waals surface area contributed by atoms with Crippen LogP contribution in [0.1, 0.15) is 5.82 Å². The van der Waals surface area contributed by atoms with E-state index in [1.807, 2.05) is 55.5 Å². The lowest BCUT2D eigenvalue weighted by atomic mass is 10.3. The van der Waals surface area contributed by atoms with Crippen molar-refractivity contribution in [3.05, 3.63) is 70.6 Å². The number of aryl methyl sites for hydroxylation is 1. The minimum atomic E-state index is 0.652. The molecule has 0 unspecified atom stereocenters. The van der Waals surface area contributed by atoms with E-state index in [1.54, 1.807) is 10.9 Å². The number of aromatic nitrogens is 4. The summed E-state index contributed by atoms with van der Waals surface area (Å²) in [6.45, 7) is 1.85. The van der Waals surface area contributed by atoms with E-state index in [1.165, 1.54) is 0 Å². The molecular weight excluding hydrogens is 357 g/mol. The molecule has 0 saturated heterocycles. The summed E-state index contributed by atoms with van der Waals surface area (Å²) in [5.41, 5.74) is 2.50. The van der Waals surface area contributed by atoms with Gasteiger partial charge in [-0.05, 0) is 55.5 Å². The molecule has 4 aromatic rings. The Hall–Kier alpha value is -2.63. The van der Waals surface area contributed by atoms with Gasteiger partial charge < -0.3 is 5.32 Å². The smallest absolute Gasteiger partial charge is 0.168 e. The maximum atomic E-state index is 5.97. The summed E-state index contributed by atoms with van der Waals surface area (Å²) in [7, 11) is 0. The fraction of sp³-hybridized carbons (Fsp3) is 0.0556. The minimum Gasteiger partial charge on any atom is -0.340 e. The third kappa shape index (κ3) is 3.16. The Labute approximate surface area is 154 Å². The average molecular weight is 370 g/mol. The first kappa shape index (κ1) is 15.9. The zero-order valence-electron chi connectivity index (χ0n) is 13.2. The third-order valence-corrected chi connectivity index (χ3v) is 4.22. The molecule has 25 heavy (non-hydrogen) atoms. The zero-order chi connectivity index (χ0) is 17.4. The summed E-state index contributed by atoms with van der Waals surface area (Å²) in [6.07, 6.45) is 1.75. The number of nitrogens with one attached hydrogen (secondary N) is 1. The van der Waals surface area contributed by atoms with Gasteiger partial charge in [-0.3, -0.25) is 0 Å². The Balaban J connectivity index is 1.81. The first-order chi connectivity index (χ1) is 12.1. The van der Waals surface area contributed by atoms with Gasteiger partial charge in [-0.2, -0.15) is 5.10 Å². The van der Waals surface area contributed by atoms with Crippen LogP contribution >= 0.6 is 23.2 Å². The van der Waals surface area contributed by atoms with Crippen molar-refractivity contribution in [2.24, 2.45) is 0 Å². The fourth-order valence-electron chi connectivity index (χ4n) is 2.55. The molecule has 2 aromatic carbocycles. The summed E-state index contributed by atoms with van der Waals surface area (Å²) in [4.78, 5) is 9.06. The molecule has 0 bridgehead atoms. The molecule has 124 valence electrons. The van der Waals surface area contributed by atoms with Gasteiger partial charge in [0.25, 0.3) is 0 Å². The second-order valence-electron chi connectivity index (χ2n) is 5.52. The molecule has 5 nitrogen and oxygen atoms in total. The van der Waals surface area contributed by atoms with Gasteiger partial charge in [0, 0.05) is 15.7 Å². The van der Waals surface area contributed by atoms with E-state index in [4.69, 9.17) is 23.2 Å². The maximum Gasteiger partial charge on any atom is 0.168 e. The molecule has 0 aliphatic rings. The van der Waals surface area contributed by atoms with Gasteiger partial charge in [0.05, 0.1) is 17.3 Å². The van der Waals surface area contributed by atoms with Crippen molar-refractivity contribution >= 4 is 45.7 Å². The Morgan fingerprint density at radius 3 is 2.20 bits per heavy atom. The van der Waals surface area contributed by atoms with E-state index in [9.17, 15) is 0 Å². The highest BCUT2D eigenvalue weighted by Crippen LogP contribution is 2.26.